The standard InChI is InChI=1S/C14H21N3O3/c1-2-12(18)17-7-3-4-11(17)14-15-13(16-20-14)10-5-8-19-9-6-10/h10-11H,2-9H2,1H3. The van der Waals surface area contributed by atoms with Crippen LogP contribution in [0.15, 0.2) is 4.52 Å². The molecule has 6 nitrogen and oxygen atoms in total. The fraction of sp³-hybridized carbons (Fsp3) is 0.786. The summed E-state index contributed by atoms with van der Waals surface area (Å²) in [5.41, 5.74) is 0. The molecule has 20 heavy (non-hydrogen) atoms. The Kier molecular flexibility index (Phi) is 4.00. The van der Waals surface area contributed by atoms with E-state index in [0.717, 1.165) is 51.3 Å². The summed E-state index contributed by atoms with van der Waals surface area (Å²) in [6.07, 6.45) is 4.34. The first-order chi connectivity index (χ1) is 9.79. The van der Waals surface area contributed by atoms with Crippen LogP contribution in [0.1, 0.15) is 62.7 Å². The molecule has 3 rings (SSSR count). The van der Waals surface area contributed by atoms with Gasteiger partial charge in [-0.2, -0.15) is 4.98 Å². The number of hydrogen-bond acceptors (Lipinski definition) is 5. The number of carbonyl (C=O) groups is 1. The van der Waals surface area contributed by atoms with E-state index in [0.29, 0.717) is 18.2 Å². The van der Waals surface area contributed by atoms with E-state index in [2.05, 4.69) is 10.1 Å². The van der Waals surface area contributed by atoms with Gasteiger partial charge < -0.3 is 14.2 Å². The Hall–Kier alpha value is -1.43. The molecule has 1 atom stereocenters. The molecule has 0 N–H and O–H groups in total. The van der Waals surface area contributed by atoms with E-state index in [1.54, 1.807) is 0 Å². The van der Waals surface area contributed by atoms with Crippen molar-refractivity contribution in [2.75, 3.05) is 19.8 Å². The van der Waals surface area contributed by atoms with Gasteiger partial charge in [0.1, 0.15) is 6.04 Å². The number of ether oxygens (including phenoxy) is 1. The molecule has 0 radical (unpaired) electrons. The van der Waals surface area contributed by atoms with Gasteiger partial charge in [0, 0.05) is 32.1 Å². The van der Waals surface area contributed by atoms with Gasteiger partial charge in [-0.15, -0.1) is 0 Å². The zero-order chi connectivity index (χ0) is 13.9. The van der Waals surface area contributed by atoms with E-state index in [1.807, 2.05) is 11.8 Å². The third kappa shape index (κ3) is 2.57. The van der Waals surface area contributed by atoms with Crippen LogP contribution in [0.5, 0.6) is 0 Å². The number of hydrogen-bond donors (Lipinski definition) is 0. The van der Waals surface area contributed by atoms with Crippen LogP contribution in [0.3, 0.4) is 0 Å². The summed E-state index contributed by atoms with van der Waals surface area (Å²) >= 11 is 0. The SMILES string of the molecule is CCC(=O)N1CCCC1c1nc(C2CCOCC2)no1. The molecule has 110 valence electrons. The maximum Gasteiger partial charge on any atom is 0.249 e. The van der Waals surface area contributed by atoms with Crippen LogP contribution in [0.4, 0.5) is 0 Å². The van der Waals surface area contributed by atoms with E-state index in [4.69, 9.17) is 9.26 Å². The van der Waals surface area contributed by atoms with Gasteiger partial charge in [-0.25, -0.2) is 0 Å². The Morgan fingerprint density at radius 3 is 2.90 bits per heavy atom. The second kappa shape index (κ2) is 5.91. The number of nitrogens with zero attached hydrogens (tertiary/aromatic N) is 3. The number of aromatic nitrogens is 2. The van der Waals surface area contributed by atoms with Gasteiger partial charge in [-0.05, 0) is 25.7 Å². The maximum atomic E-state index is 11.9. The molecular formula is C14H21N3O3. The molecule has 0 aromatic carbocycles. The van der Waals surface area contributed by atoms with E-state index in [-0.39, 0.29) is 11.9 Å². The van der Waals surface area contributed by atoms with Crippen LogP contribution >= 0.6 is 0 Å². The summed E-state index contributed by atoms with van der Waals surface area (Å²) in [5.74, 6) is 1.88. The molecule has 2 aliphatic rings. The molecule has 1 amide bonds. The summed E-state index contributed by atoms with van der Waals surface area (Å²) < 4.78 is 10.8. The third-order valence-corrected chi connectivity index (χ3v) is 4.20. The second-order valence-corrected chi connectivity index (χ2v) is 5.48. The third-order valence-electron chi connectivity index (χ3n) is 4.20. The number of carbonyl (C=O) groups excluding carboxylic acids is 1. The molecule has 1 unspecified atom stereocenters. The number of amides is 1. The van der Waals surface area contributed by atoms with Gasteiger partial charge in [0.25, 0.3) is 0 Å². The average molecular weight is 279 g/mol. The van der Waals surface area contributed by atoms with Crippen LogP contribution in [-0.4, -0.2) is 40.7 Å². The lowest BCUT2D eigenvalue weighted by Crippen LogP contribution is -2.30. The van der Waals surface area contributed by atoms with E-state index >= 15 is 0 Å². The minimum Gasteiger partial charge on any atom is -0.381 e. The quantitative estimate of drug-likeness (QED) is 0.847. The van der Waals surface area contributed by atoms with Crippen LogP contribution in [-0.2, 0) is 9.53 Å². The van der Waals surface area contributed by atoms with Crippen molar-refractivity contribution in [3.63, 3.8) is 0 Å². The molecule has 2 fully saturated rings. The number of rotatable bonds is 3. The van der Waals surface area contributed by atoms with Gasteiger partial charge >= 0.3 is 0 Å². The minimum absolute atomic E-state index is 0.0245. The highest BCUT2D eigenvalue weighted by Crippen LogP contribution is 2.33. The largest absolute Gasteiger partial charge is 0.381 e. The van der Waals surface area contributed by atoms with Crippen LogP contribution in [0.2, 0.25) is 0 Å². The summed E-state index contributed by atoms with van der Waals surface area (Å²) in [6, 6.07) is -0.0245. The maximum absolute atomic E-state index is 11.9. The summed E-state index contributed by atoms with van der Waals surface area (Å²) in [6.45, 7) is 4.21. The predicted octanol–water partition coefficient (Wildman–Crippen LogP) is 2.04. The van der Waals surface area contributed by atoms with Crippen LogP contribution < -0.4 is 0 Å². The van der Waals surface area contributed by atoms with Crippen molar-refractivity contribution in [1.29, 1.82) is 0 Å². The van der Waals surface area contributed by atoms with E-state index in [1.165, 1.54) is 0 Å². The lowest BCUT2D eigenvalue weighted by molar-refractivity contribution is -0.132. The highest BCUT2D eigenvalue weighted by Gasteiger charge is 2.34. The smallest absolute Gasteiger partial charge is 0.249 e. The minimum atomic E-state index is -0.0245. The Labute approximate surface area is 118 Å². The first kappa shape index (κ1) is 13.5. The molecule has 0 bridgehead atoms. The van der Waals surface area contributed by atoms with Gasteiger partial charge in [0.2, 0.25) is 11.8 Å². The van der Waals surface area contributed by atoms with Crippen molar-refractivity contribution in [3.8, 4) is 0 Å². The topological polar surface area (TPSA) is 68.5 Å². The first-order valence-corrected chi connectivity index (χ1v) is 7.50. The van der Waals surface area contributed by atoms with Crippen molar-refractivity contribution in [2.45, 2.75) is 51.0 Å². The van der Waals surface area contributed by atoms with Crippen molar-refractivity contribution < 1.29 is 14.1 Å². The Morgan fingerprint density at radius 2 is 2.15 bits per heavy atom. The Morgan fingerprint density at radius 1 is 1.35 bits per heavy atom. The summed E-state index contributed by atoms with van der Waals surface area (Å²) in [4.78, 5) is 18.4. The molecule has 0 spiro atoms. The lowest BCUT2D eigenvalue weighted by atomic mass is 10.00. The predicted molar refractivity (Wildman–Crippen MR) is 71.1 cm³/mol. The lowest BCUT2D eigenvalue weighted by Gasteiger charge is -2.21. The monoisotopic (exact) mass is 279 g/mol. The van der Waals surface area contributed by atoms with Crippen LogP contribution in [0.25, 0.3) is 0 Å². The van der Waals surface area contributed by atoms with Crippen molar-refractivity contribution in [2.24, 2.45) is 0 Å². The Balaban J connectivity index is 1.73. The van der Waals surface area contributed by atoms with Gasteiger partial charge in [-0.1, -0.05) is 12.1 Å². The highest BCUT2D eigenvalue weighted by atomic mass is 16.5. The van der Waals surface area contributed by atoms with Crippen molar-refractivity contribution in [3.05, 3.63) is 11.7 Å². The van der Waals surface area contributed by atoms with Crippen LogP contribution in [0, 0.1) is 0 Å². The molecule has 3 heterocycles. The highest BCUT2D eigenvalue weighted by molar-refractivity contribution is 5.76. The van der Waals surface area contributed by atoms with Crippen molar-refractivity contribution in [1.82, 2.24) is 15.0 Å². The van der Waals surface area contributed by atoms with E-state index in [9.17, 15) is 4.79 Å². The molecule has 1 aromatic rings. The summed E-state index contributed by atoms with van der Waals surface area (Å²) in [7, 11) is 0. The zero-order valence-electron chi connectivity index (χ0n) is 11.9. The second-order valence-electron chi connectivity index (χ2n) is 5.48. The fourth-order valence-corrected chi connectivity index (χ4v) is 3.03. The normalized spacial score (nSPS) is 24.2. The molecule has 1 aromatic heterocycles. The number of likely N-dealkylation sites (tertiary alicyclic amines) is 1. The van der Waals surface area contributed by atoms with Crippen molar-refractivity contribution >= 4 is 5.91 Å². The molecule has 0 aliphatic carbocycles. The summed E-state index contributed by atoms with van der Waals surface area (Å²) in [5, 5.41) is 4.12. The molecular weight excluding hydrogens is 258 g/mol. The molecule has 0 saturated carbocycles. The van der Waals surface area contributed by atoms with Gasteiger partial charge in [0.15, 0.2) is 5.82 Å². The average Bonchev–Trinajstić information content (AvgIpc) is 3.15. The van der Waals surface area contributed by atoms with E-state index < -0.39 is 0 Å². The molecule has 2 saturated heterocycles. The fourth-order valence-electron chi connectivity index (χ4n) is 3.03. The van der Waals surface area contributed by atoms with Gasteiger partial charge in [-0.3, -0.25) is 4.79 Å². The first-order valence-electron chi connectivity index (χ1n) is 7.50. The molecule has 2 aliphatic heterocycles. The zero-order valence-corrected chi connectivity index (χ0v) is 11.9. The van der Waals surface area contributed by atoms with Gasteiger partial charge in [0.05, 0.1) is 0 Å². The molecule has 6 heteroatoms. The Bertz CT molecular complexity index is 468.